The SMILES string of the molecule is CSC(=S)C1NC(C(=O)O)Cc2c1[nH]c1ccccc21. The molecule has 20 heavy (non-hydrogen) atoms. The molecule has 2 heterocycles. The number of H-pyrrole nitrogens is 1. The lowest BCUT2D eigenvalue weighted by atomic mass is 9.94. The fourth-order valence-electron chi connectivity index (χ4n) is 2.70. The van der Waals surface area contributed by atoms with Gasteiger partial charge in [-0.2, -0.15) is 0 Å². The van der Waals surface area contributed by atoms with Gasteiger partial charge in [0, 0.05) is 23.0 Å². The summed E-state index contributed by atoms with van der Waals surface area (Å²) in [5.41, 5.74) is 3.09. The summed E-state index contributed by atoms with van der Waals surface area (Å²) in [6.07, 6.45) is 2.39. The molecule has 0 bridgehead atoms. The van der Waals surface area contributed by atoms with Gasteiger partial charge in [0.2, 0.25) is 0 Å². The number of carbonyl (C=O) groups is 1. The van der Waals surface area contributed by atoms with Crippen molar-refractivity contribution in [3.8, 4) is 0 Å². The van der Waals surface area contributed by atoms with E-state index >= 15 is 0 Å². The van der Waals surface area contributed by atoms with Crippen LogP contribution in [0.15, 0.2) is 24.3 Å². The highest BCUT2D eigenvalue weighted by molar-refractivity contribution is 8.22. The van der Waals surface area contributed by atoms with Crippen molar-refractivity contribution in [1.29, 1.82) is 0 Å². The van der Waals surface area contributed by atoms with E-state index in [9.17, 15) is 9.90 Å². The molecule has 0 aliphatic carbocycles. The van der Waals surface area contributed by atoms with Crippen LogP contribution in [-0.2, 0) is 11.2 Å². The number of hydrogen-bond acceptors (Lipinski definition) is 4. The largest absolute Gasteiger partial charge is 0.480 e. The van der Waals surface area contributed by atoms with Crippen LogP contribution in [0.5, 0.6) is 0 Å². The van der Waals surface area contributed by atoms with Crippen LogP contribution >= 0.6 is 24.0 Å². The van der Waals surface area contributed by atoms with E-state index in [0.717, 1.165) is 26.4 Å². The molecule has 0 radical (unpaired) electrons. The van der Waals surface area contributed by atoms with Gasteiger partial charge < -0.3 is 10.1 Å². The van der Waals surface area contributed by atoms with Crippen molar-refractivity contribution in [2.24, 2.45) is 0 Å². The number of fused-ring (bicyclic) bond motifs is 3. The number of hydrogen-bond donors (Lipinski definition) is 3. The summed E-state index contributed by atoms with van der Waals surface area (Å²) in [5.74, 6) is -0.838. The van der Waals surface area contributed by atoms with Gasteiger partial charge in [-0.05, 0) is 17.9 Å². The number of aromatic amines is 1. The van der Waals surface area contributed by atoms with Crippen LogP contribution in [0.4, 0.5) is 0 Å². The molecule has 0 spiro atoms. The molecule has 0 saturated heterocycles. The number of rotatable bonds is 2. The summed E-state index contributed by atoms with van der Waals surface area (Å²) in [6.45, 7) is 0. The Morgan fingerprint density at radius 3 is 2.90 bits per heavy atom. The highest BCUT2D eigenvalue weighted by atomic mass is 32.2. The fourth-order valence-corrected chi connectivity index (χ4v) is 3.30. The first kappa shape index (κ1) is 13.6. The molecular formula is C14H14N2O2S2. The van der Waals surface area contributed by atoms with Crippen LogP contribution in [0.1, 0.15) is 17.3 Å². The molecule has 2 atom stereocenters. The number of thiocarbonyl (C=S) groups is 1. The quantitative estimate of drug-likeness (QED) is 0.744. The van der Waals surface area contributed by atoms with E-state index < -0.39 is 12.0 Å². The van der Waals surface area contributed by atoms with E-state index in [2.05, 4.69) is 10.3 Å². The van der Waals surface area contributed by atoms with E-state index in [1.54, 1.807) is 0 Å². The number of carboxylic acid groups (broad SMARTS) is 1. The van der Waals surface area contributed by atoms with Crippen LogP contribution in [0.25, 0.3) is 10.9 Å². The van der Waals surface area contributed by atoms with Crippen LogP contribution in [-0.4, -0.2) is 32.6 Å². The first-order valence-electron chi connectivity index (χ1n) is 6.28. The summed E-state index contributed by atoms with van der Waals surface area (Å²) >= 11 is 6.86. The van der Waals surface area contributed by atoms with E-state index in [-0.39, 0.29) is 6.04 Å². The van der Waals surface area contributed by atoms with Crippen LogP contribution in [0, 0.1) is 0 Å². The minimum absolute atomic E-state index is 0.225. The average molecular weight is 306 g/mol. The van der Waals surface area contributed by atoms with Gasteiger partial charge in [-0.3, -0.25) is 10.1 Å². The van der Waals surface area contributed by atoms with Crippen molar-refractivity contribution in [2.45, 2.75) is 18.5 Å². The Hall–Kier alpha value is -1.37. The first-order valence-corrected chi connectivity index (χ1v) is 7.91. The Labute approximate surface area is 125 Å². The van der Waals surface area contributed by atoms with E-state index in [1.165, 1.54) is 11.8 Å². The fraction of sp³-hybridized carbons (Fsp3) is 0.286. The standard InChI is InChI=1S/C14H14N2O2S2/c1-20-14(19)12-11-8(6-10(16-12)13(17)18)7-4-2-3-5-9(7)15-11/h2-5,10,12,15-16H,6H2,1H3,(H,17,18). The highest BCUT2D eigenvalue weighted by Gasteiger charge is 2.34. The minimum atomic E-state index is -0.838. The summed E-state index contributed by atoms with van der Waals surface area (Å²) in [5, 5.41) is 13.5. The number of thioether (sulfide) groups is 1. The van der Waals surface area contributed by atoms with Crippen LogP contribution < -0.4 is 5.32 Å². The Balaban J connectivity index is 2.16. The number of carboxylic acids is 1. The van der Waals surface area contributed by atoms with Crippen molar-refractivity contribution >= 4 is 45.0 Å². The summed E-state index contributed by atoms with van der Waals surface area (Å²) in [6, 6.07) is 7.13. The second-order valence-corrected chi connectivity index (χ2v) is 6.33. The molecule has 2 unspecified atom stereocenters. The molecule has 0 saturated carbocycles. The smallest absolute Gasteiger partial charge is 0.321 e. The molecule has 1 aliphatic rings. The zero-order valence-corrected chi connectivity index (χ0v) is 12.5. The first-order chi connectivity index (χ1) is 9.61. The molecule has 1 aliphatic heterocycles. The maximum absolute atomic E-state index is 11.4. The normalized spacial score (nSPS) is 21.6. The topological polar surface area (TPSA) is 65.1 Å². The highest BCUT2D eigenvalue weighted by Crippen LogP contribution is 2.34. The molecule has 104 valence electrons. The molecule has 2 aromatic rings. The van der Waals surface area contributed by atoms with Crippen molar-refractivity contribution in [2.75, 3.05) is 6.26 Å². The lowest BCUT2D eigenvalue weighted by molar-refractivity contribution is -0.139. The van der Waals surface area contributed by atoms with E-state index in [1.807, 2.05) is 30.5 Å². The predicted molar refractivity (Wildman–Crippen MR) is 85.4 cm³/mol. The van der Waals surface area contributed by atoms with Crippen molar-refractivity contribution < 1.29 is 9.90 Å². The second-order valence-electron chi connectivity index (χ2n) is 4.78. The molecule has 1 aromatic heterocycles. The van der Waals surface area contributed by atoms with Gasteiger partial charge in [-0.1, -0.05) is 30.4 Å². The second kappa shape index (κ2) is 5.20. The molecule has 6 heteroatoms. The Bertz CT molecular complexity index is 696. The van der Waals surface area contributed by atoms with Gasteiger partial charge in [-0.15, -0.1) is 11.8 Å². The third-order valence-electron chi connectivity index (χ3n) is 3.65. The molecule has 0 fully saturated rings. The van der Waals surface area contributed by atoms with Gasteiger partial charge in [0.1, 0.15) is 6.04 Å². The molecule has 3 N–H and O–H groups in total. The number of nitrogens with one attached hydrogen (secondary N) is 2. The molecule has 1 aromatic carbocycles. The maximum atomic E-state index is 11.4. The number of aliphatic carboxylic acids is 1. The maximum Gasteiger partial charge on any atom is 0.321 e. The number of benzene rings is 1. The molecule has 3 rings (SSSR count). The molecule has 0 amide bonds. The van der Waals surface area contributed by atoms with E-state index in [4.69, 9.17) is 12.2 Å². The number of para-hydroxylation sites is 1. The van der Waals surface area contributed by atoms with Gasteiger partial charge in [0.25, 0.3) is 0 Å². The van der Waals surface area contributed by atoms with Gasteiger partial charge in [-0.25, -0.2) is 0 Å². The van der Waals surface area contributed by atoms with Gasteiger partial charge in [0.15, 0.2) is 0 Å². The third kappa shape index (κ3) is 2.13. The molecule has 4 nitrogen and oxygen atoms in total. The van der Waals surface area contributed by atoms with Crippen molar-refractivity contribution in [3.63, 3.8) is 0 Å². The third-order valence-corrected chi connectivity index (χ3v) is 5.02. The van der Waals surface area contributed by atoms with Crippen LogP contribution in [0.3, 0.4) is 0 Å². The Kier molecular flexibility index (Phi) is 3.54. The minimum Gasteiger partial charge on any atom is -0.480 e. The summed E-state index contributed by atoms with van der Waals surface area (Å²) in [7, 11) is 0. The lowest BCUT2D eigenvalue weighted by Crippen LogP contribution is -2.46. The zero-order valence-electron chi connectivity index (χ0n) is 10.8. The lowest BCUT2D eigenvalue weighted by Gasteiger charge is -2.29. The van der Waals surface area contributed by atoms with Crippen LogP contribution in [0.2, 0.25) is 0 Å². The van der Waals surface area contributed by atoms with Crippen molar-refractivity contribution in [1.82, 2.24) is 10.3 Å². The zero-order chi connectivity index (χ0) is 14.3. The number of aromatic nitrogens is 1. The monoisotopic (exact) mass is 306 g/mol. The predicted octanol–water partition coefficient (Wildman–Crippen LogP) is 2.50. The summed E-state index contributed by atoms with van der Waals surface area (Å²) in [4.78, 5) is 14.7. The van der Waals surface area contributed by atoms with Gasteiger partial charge in [0.05, 0.1) is 10.2 Å². The average Bonchev–Trinajstić information content (AvgIpc) is 2.84. The van der Waals surface area contributed by atoms with E-state index in [0.29, 0.717) is 6.42 Å². The summed E-state index contributed by atoms with van der Waals surface area (Å²) < 4.78 is 0.753. The molecular weight excluding hydrogens is 292 g/mol. The Morgan fingerprint density at radius 2 is 2.20 bits per heavy atom. The Morgan fingerprint density at radius 1 is 1.45 bits per heavy atom. The van der Waals surface area contributed by atoms with Gasteiger partial charge >= 0.3 is 5.97 Å². The van der Waals surface area contributed by atoms with Crippen molar-refractivity contribution in [3.05, 3.63) is 35.5 Å².